The number of hydrogen-bond acceptors (Lipinski definition) is 2. The van der Waals surface area contributed by atoms with Gasteiger partial charge in [0.1, 0.15) is 29.5 Å². The molecule has 0 saturated heterocycles. The molecule has 0 atom stereocenters. The summed E-state index contributed by atoms with van der Waals surface area (Å²) in [6.45, 7) is -0.793. The Morgan fingerprint density at radius 2 is 1.51 bits per heavy atom. The van der Waals surface area contributed by atoms with Crippen molar-refractivity contribution in [2.24, 2.45) is 0 Å². The molecule has 3 nitrogen and oxygen atoms in total. The lowest BCUT2D eigenvalue weighted by molar-refractivity contribution is -0.138. The van der Waals surface area contributed by atoms with Gasteiger partial charge >= 0.3 is 12.4 Å². The first-order valence-corrected chi connectivity index (χ1v) is 12.3. The van der Waals surface area contributed by atoms with E-state index >= 15 is 0 Å². The lowest BCUT2D eigenvalue weighted by Gasteiger charge is -2.13. The maximum atomic E-state index is 14.6. The van der Waals surface area contributed by atoms with E-state index in [0.29, 0.717) is 23.8 Å². The van der Waals surface area contributed by atoms with Crippen LogP contribution in [0.15, 0.2) is 78.9 Å². The summed E-state index contributed by atoms with van der Waals surface area (Å²) in [6.07, 6.45) is -9.40. The van der Waals surface area contributed by atoms with Crippen LogP contribution in [0.2, 0.25) is 5.02 Å². The van der Waals surface area contributed by atoms with Gasteiger partial charge in [-0.25, -0.2) is 8.78 Å². The number of rotatable bonds is 6. The molecule has 0 aliphatic rings. The smallest absolute Gasteiger partial charge is 0.418 e. The molecule has 41 heavy (non-hydrogen) atoms. The molecule has 0 bridgehead atoms. The van der Waals surface area contributed by atoms with E-state index in [9.17, 15) is 35.1 Å². The van der Waals surface area contributed by atoms with Gasteiger partial charge in [0, 0.05) is 27.1 Å². The maximum Gasteiger partial charge on any atom is 0.418 e. The normalized spacial score (nSPS) is 12.2. The molecule has 0 amide bonds. The Morgan fingerprint density at radius 3 is 2.22 bits per heavy atom. The summed E-state index contributed by atoms with van der Waals surface area (Å²) < 4.78 is 116. The number of hydrogen-bond donors (Lipinski definition) is 0. The van der Waals surface area contributed by atoms with Crippen molar-refractivity contribution in [2.45, 2.75) is 25.5 Å². The molecule has 0 saturated carbocycles. The number of benzene rings is 4. The van der Waals surface area contributed by atoms with Gasteiger partial charge in [0.05, 0.1) is 23.4 Å². The molecular formula is C29H17ClF8N2O. The molecule has 4 aromatic carbocycles. The third-order valence-corrected chi connectivity index (χ3v) is 6.52. The van der Waals surface area contributed by atoms with Crippen molar-refractivity contribution in [3.05, 3.63) is 118 Å². The van der Waals surface area contributed by atoms with Gasteiger partial charge < -0.3 is 4.74 Å². The third-order valence-electron chi connectivity index (χ3n) is 6.29. The van der Waals surface area contributed by atoms with Gasteiger partial charge in [0.25, 0.3) is 0 Å². The molecule has 0 N–H and O–H groups in total. The summed E-state index contributed by atoms with van der Waals surface area (Å²) >= 11 is 5.83. The number of alkyl halides is 6. The molecule has 0 unspecified atom stereocenters. The van der Waals surface area contributed by atoms with E-state index in [1.807, 2.05) is 0 Å². The minimum absolute atomic E-state index is 0.102. The molecule has 0 radical (unpaired) electrons. The minimum Gasteiger partial charge on any atom is -0.489 e. The van der Waals surface area contributed by atoms with Crippen molar-refractivity contribution in [3.8, 4) is 17.0 Å². The molecule has 5 aromatic rings. The summed E-state index contributed by atoms with van der Waals surface area (Å²) in [5.41, 5.74) is -2.09. The van der Waals surface area contributed by atoms with Gasteiger partial charge in [0.15, 0.2) is 0 Å². The zero-order valence-electron chi connectivity index (χ0n) is 20.6. The van der Waals surface area contributed by atoms with Crippen molar-refractivity contribution < 1.29 is 39.9 Å². The first-order valence-electron chi connectivity index (χ1n) is 11.9. The lowest BCUT2D eigenvalue weighted by Crippen LogP contribution is -2.08. The quantitative estimate of drug-likeness (QED) is 0.183. The lowest BCUT2D eigenvalue weighted by atomic mass is 10.0. The van der Waals surface area contributed by atoms with Gasteiger partial charge in [-0.05, 0) is 48.5 Å². The summed E-state index contributed by atoms with van der Waals surface area (Å²) in [7, 11) is 0. The molecule has 1 heterocycles. The summed E-state index contributed by atoms with van der Waals surface area (Å²) in [5.74, 6) is -1.48. The molecule has 0 aliphatic heterocycles. The maximum absolute atomic E-state index is 14.6. The molecule has 1 aromatic heterocycles. The second-order valence-corrected chi connectivity index (χ2v) is 9.50. The molecule has 0 aliphatic carbocycles. The Kier molecular flexibility index (Phi) is 7.41. The first-order chi connectivity index (χ1) is 19.3. The number of fused-ring (bicyclic) bond motifs is 1. The van der Waals surface area contributed by atoms with Gasteiger partial charge in [-0.15, -0.1) is 0 Å². The van der Waals surface area contributed by atoms with E-state index < -0.39 is 41.7 Å². The van der Waals surface area contributed by atoms with Crippen molar-refractivity contribution in [2.75, 3.05) is 0 Å². The highest BCUT2D eigenvalue weighted by Gasteiger charge is 2.35. The predicted molar refractivity (Wildman–Crippen MR) is 136 cm³/mol. The Morgan fingerprint density at radius 1 is 0.756 bits per heavy atom. The van der Waals surface area contributed by atoms with Crippen LogP contribution in [0.1, 0.15) is 22.3 Å². The second-order valence-electron chi connectivity index (χ2n) is 9.06. The molecule has 0 fully saturated rings. The van der Waals surface area contributed by atoms with E-state index in [2.05, 4.69) is 5.10 Å². The Balaban J connectivity index is 1.56. The highest BCUT2D eigenvalue weighted by atomic mass is 35.5. The van der Waals surface area contributed by atoms with E-state index in [1.165, 1.54) is 47.1 Å². The van der Waals surface area contributed by atoms with E-state index in [1.54, 1.807) is 6.07 Å². The van der Waals surface area contributed by atoms with Crippen LogP contribution in [0.25, 0.3) is 22.2 Å². The van der Waals surface area contributed by atoms with E-state index in [-0.39, 0.29) is 45.0 Å². The minimum atomic E-state index is -4.72. The van der Waals surface area contributed by atoms with Crippen molar-refractivity contribution in [1.29, 1.82) is 0 Å². The van der Waals surface area contributed by atoms with Crippen LogP contribution in [0.4, 0.5) is 35.1 Å². The largest absolute Gasteiger partial charge is 0.489 e. The molecular weight excluding hydrogens is 580 g/mol. The van der Waals surface area contributed by atoms with Crippen LogP contribution in [-0.4, -0.2) is 9.78 Å². The Bertz CT molecular complexity index is 1740. The second kappa shape index (κ2) is 10.7. The fourth-order valence-corrected chi connectivity index (χ4v) is 4.53. The van der Waals surface area contributed by atoms with Crippen LogP contribution in [0.3, 0.4) is 0 Å². The van der Waals surface area contributed by atoms with Crippen LogP contribution < -0.4 is 4.74 Å². The van der Waals surface area contributed by atoms with Crippen LogP contribution in [-0.2, 0) is 25.5 Å². The van der Waals surface area contributed by atoms with Crippen molar-refractivity contribution in [3.63, 3.8) is 0 Å². The standard InChI is InChI=1S/C29H17ClF8N2O/c30-20-9-7-17(25(32)13-20)14-40-27(22-5-2-6-23(26(22)39-40)29(36,37)38)16-3-1-4-21(12-16)41-15-18-11-19(28(33,34)35)8-10-24(18)31/h1-13H,14-15H2. The van der Waals surface area contributed by atoms with Crippen LogP contribution in [0.5, 0.6) is 5.75 Å². The third kappa shape index (κ3) is 6.00. The number of halogens is 9. The average Bonchev–Trinajstić information content (AvgIpc) is 3.26. The van der Waals surface area contributed by atoms with Gasteiger partial charge in [-0.1, -0.05) is 41.9 Å². The summed E-state index contributed by atoms with van der Waals surface area (Å²) in [5, 5.41) is 4.44. The monoisotopic (exact) mass is 596 g/mol. The SMILES string of the molecule is Fc1ccc(C(F)(F)F)cc1COc1cccc(-c2c3cccc(C(F)(F)F)c3nn2Cc2ccc(Cl)cc2F)c1. The predicted octanol–water partition coefficient (Wildman–Crippen LogP) is 9.30. The number of nitrogens with zero attached hydrogens (tertiary/aromatic N) is 2. The fraction of sp³-hybridized carbons (Fsp3) is 0.138. The first kappa shape index (κ1) is 28.4. The Hall–Kier alpha value is -4.12. The van der Waals surface area contributed by atoms with Crippen LogP contribution in [0, 0.1) is 11.6 Å². The number of aromatic nitrogens is 2. The van der Waals surface area contributed by atoms with Gasteiger partial charge in [0.2, 0.25) is 0 Å². The van der Waals surface area contributed by atoms with Crippen molar-refractivity contribution in [1.82, 2.24) is 9.78 Å². The van der Waals surface area contributed by atoms with Gasteiger partial charge in [-0.2, -0.15) is 31.4 Å². The number of ether oxygens (including phenoxy) is 1. The Labute approximate surface area is 232 Å². The molecule has 212 valence electrons. The highest BCUT2D eigenvalue weighted by molar-refractivity contribution is 6.30. The molecule has 5 rings (SSSR count). The average molecular weight is 597 g/mol. The molecule has 12 heteroatoms. The summed E-state index contributed by atoms with van der Waals surface area (Å²) in [4.78, 5) is 0. The fourth-order valence-electron chi connectivity index (χ4n) is 4.37. The van der Waals surface area contributed by atoms with Crippen LogP contribution >= 0.6 is 11.6 Å². The zero-order chi connectivity index (χ0) is 29.5. The zero-order valence-corrected chi connectivity index (χ0v) is 21.4. The van der Waals surface area contributed by atoms with Gasteiger partial charge in [-0.3, -0.25) is 4.68 Å². The van der Waals surface area contributed by atoms with E-state index in [0.717, 1.165) is 12.1 Å². The molecule has 0 spiro atoms. The summed E-state index contributed by atoms with van der Waals surface area (Å²) in [6, 6.07) is 15.3. The highest BCUT2D eigenvalue weighted by Crippen LogP contribution is 2.39. The topological polar surface area (TPSA) is 27.1 Å². The van der Waals surface area contributed by atoms with Crippen molar-refractivity contribution >= 4 is 22.5 Å². The van der Waals surface area contributed by atoms with E-state index in [4.69, 9.17) is 16.3 Å².